The highest BCUT2D eigenvalue weighted by atomic mass is 32.1. The van der Waals surface area contributed by atoms with Crippen LogP contribution in [0.25, 0.3) is 17.8 Å². The van der Waals surface area contributed by atoms with Crippen molar-refractivity contribution in [1.29, 1.82) is 0 Å². The van der Waals surface area contributed by atoms with Gasteiger partial charge in [0.2, 0.25) is 0 Å². The fraction of sp³-hybridized carbons (Fsp3) is 0.344. The van der Waals surface area contributed by atoms with Gasteiger partial charge < -0.3 is 14.7 Å². The highest BCUT2D eigenvalue weighted by Gasteiger charge is 2.24. The van der Waals surface area contributed by atoms with Gasteiger partial charge in [0.1, 0.15) is 17.2 Å². The quantitative estimate of drug-likeness (QED) is 0.255. The van der Waals surface area contributed by atoms with E-state index < -0.39 is 6.10 Å². The van der Waals surface area contributed by atoms with Gasteiger partial charge in [0, 0.05) is 35.6 Å². The lowest BCUT2D eigenvalue weighted by Crippen LogP contribution is -2.40. The normalized spacial score (nSPS) is 15.5. The number of aliphatic hydroxyl groups excluding tert-OH is 1. The summed E-state index contributed by atoms with van der Waals surface area (Å²) >= 11 is 1.36. The number of fused-ring (bicyclic) bond motifs is 1. The third-order valence-electron chi connectivity index (χ3n) is 7.65. The summed E-state index contributed by atoms with van der Waals surface area (Å²) in [4.78, 5) is 39.8. The predicted octanol–water partition coefficient (Wildman–Crippen LogP) is 3.88. The van der Waals surface area contributed by atoms with Gasteiger partial charge in [-0.3, -0.25) is 19.3 Å². The molecule has 13 nitrogen and oxygen atoms in total. The van der Waals surface area contributed by atoms with Crippen molar-refractivity contribution in [3.05, 3.63) is 86.5 Å². The minimum Gasteiger partial charge on any atom is -0.497 e. The lowest BCUT2D eigenvalue weighted by atomic mass is 9.93. The lowest BCUT2D eigenvalue weighted by Gasteiger charge is -2.32. The van der Waals surface area contributed by atoms with E-state index in [1.54, 1.807) is 31.4 Å². The molecule has 0 spiro atoms. The molecule has 2 N–H and O–H groups in total. The number of hydrogen-bond acceptors (Lipinski definition) is 11. The molecular weight excluding hydrogens is 606 g/mol. The fourth-order valence-corrected chi connectivity index (χ4v) is 6.03. The first kappa shape index (κ1) is 31.0. The molecule has 6 rings (SSSR count). The van der Waals surface area contributed by atoms with E-state index in [2.05, 4.69) is 46.5 Å². The monoisotopic (exact) mass is 641 g/mol. The maximum Gasteiger partial charge on any atom is 0.267 e. The molecule has 0 saturated carbocycles. The lowest BCUT2D eigenvalue weighted by molar-refractivity contribution is 0.102. The topological polar surface area (TPSA) is 153 Å². The maximum absolute atomic E-state index is 13.9. The van der Waals surface area contributed by atoms with E-state index in [4.69, 9.17) is 9.72 Å². The number of hydrogen-bond donors (Lipinski definition) is 2. The van der Waals surface area contributed by atoms with Crippen LogP contribution in [0.2, 0.25) is 0 Å². The highest BCUT2D eigenvalue weighted by molar-refractivity contribution is 7.14. The smallest absolute Gasteiger partial charge is 0.267 e. The average molecular weight is 642 g/mol. The van der Waals surface area contributed by atoms with E-state index in [0.717, 1.165) is 23.4 Å². The third kappa shape index (κ3) is 6.82. The molecular formula is C32H35N9O4S. The van der Waals surface area contributed by atoms with Crippen LogP contribution in [0.1, 0.15) is 66.6 Å². The van der Waals surface area contributed by atoms with Crippen LogP contribution in [0.4, 0.5) is 10.9 Å². The van der Waals surface area contributed by atoms with Crippen LogP contribution in [0.5, 0.6) is 5.75 Å². The van der Waals surface area contributed by atoms with Gasteiger partial charge in [-0.2, -0.15) is 4.80 Å². The molecule has 1 atom stereocenters. The van der Waals surface area contributed by atoms with Crippen molar-refractivity contribution in [2.24, 2.45) is 0 Å². The average Bonchev–Trinajstić information content (AvgIpc) is 3.70. The molecule has 1 aromatic carbocycles. The van der Waals surface area contributed by atoms with E-state index in [1.807, 2.05) is 34.5 Å². The molecule has 0 unspecified atom stereocenters. The molecule has 5 heterocycles. The molecule has 1 saturated heterocycles. The number of anilines is 2. The summed E-state index contributed by atoms with van der Waals surface area (Å²) in [5.41, 5.74) is 2.36. The zero-order valence-corrected chi connectivity index (χ0v) is 26.9. The molecule has 4 aromatic heterocycles. The predicted molar refractivity (Wildman–Crippen MR) is 177 cm³/mol. The molecule has 1 aliphatic rings. The minimum atomic E-state index is -0.543. The van der Waals surface area contributed by atoms with Crippen LogP contribution in [0.15, 0.2) is 52.8 Å². The zero-order chi connectivity index (χ0) is 32.4. The van der Waals surface area contributed by atoms with Crippen molar-refractivity contribution in [3.63, 3.8) is 0 Å². The van der Waals surface area contributed by atoms with Gasteiger partial charge >= 0.3 is 0 Å². The molecule has 14 heteroatoms. The summed E-state index contributed by atoms with van der Waals surface area (Å²) in [6, 6.07) is 10.7. The second-order valence-corrected chi connectivity index (χ2v) is 13.0. The summed E-state index contributed by atoms with van der Waals surface area (Å²) in [5, 5.41) is 28.4. The first-order valence-corrected chi connectivity index (χ1v) is 15.8. The summed E-state index contributed by atoms with van der Waals surface area (Å²) in [6.45, 7) is 7.56. The van der Waals surface area contributed by atoms with Crippen LogP contribution >= 0.6 is 11.3 Å². The van der Waals surface area contributed by atoms with Crippen LogP contribution in [0.3, 0.4) is 0 Å². The van der Waals surface area contributed by atoms with E-state index in [1.165, 1.54) is 26.7 Å². The van der Waals surface area contributed by atoms with E-state index in [0.29, 0.717) is 59.6 Å². The van der Waals surface area contributed by atoms with Gasteiger partial charge in [0.05, 0.1) is 31.0 Å². The fourth-order valence-electron chi connectivity index (χ4n) is 5.10. The van der Waals surface area contributed by atoms with Crippen molar-refractivity contribution >= 4 is 46.0 Å². The second kappa shape index (κ2) is 12.8. The first-order valence-electron chi connectivity index (χ1n) is 14.9. The number of ether oxygens (including phenoxy) is 1. The number of nitrogens with one attached hydrogen (secondary N) is 1. The molecule has 1 amide bonds. The number of carbonyl (C=O) groups is 1. The number of aliphatic hydroxyl groups is 1. The third-order valence-corrected chi connectivity index (χ3v) is 8.40. The van der Waals surface area contributed by atoms with E-state index >= 15 is 0 Å². The van der Waals surface area contributed by atoms with Crippen molar-refractivity contribution in [3.8, 4) is 5.75 Å². The van der Waals surface area contributed by atoms with Gasteiger partial charge in [0.15, 0.2) is 11.0 Å². The van der Waals surface area contributed by atoms with Crippen LogP contribution in [-0.2, 0) is 12.0 Å². The number of tetrazole rings is 1. The molecule has 5 aromatic rings. The number of rotatable bonds is 8. The van der Waals surface area contributed by atoms with Gasteiger partial charge in [0.25, 0.3) is 11.5 Å². The Morgan fingerprint density at radius 1 is 1.17 bits per heavy atom. The number of carbonyl (C=O) groups excluding carboxylic acids is 1. The van der Waals surface area contributed by atoms with Gasteiger partial charge in [-0.1, -0.05) is 32.9 Å². The number of aromatic nitrogens is 7. The van der Waals surface area contributed by atoms with Gasteiger partial charge in [-0.25, -0.2) is 9.97 Å². The summed E-state index contributed by atoms with van der Waals surface area (Å²) < 4.78 is 6.61. The number of piperidine rings is 1. The first-order chi connectivity index (χ1) is 22.1. The molecule has 46 heavy (non-hydrogen) atoms. The molecule has 1 fully saturated rings. The minimum absolute atomic E-state index is 0.137. The maximum atomic E-state index is 13.9. The summed E-state index contributed by atoms with van der Waals surface area (Å²) in [5.74, 6) is 1.15. The SMILES string of the molecule is COc1ccc(Cn2nnc(/C=C/c3c(N4CCC[C@@H](O)C4)nc4cc(C(=O)Nc5nc(C(C)(C)C)cs5)ccn4c3=O)n2)cc1. The van der Waals surface area contributed by atoms with E-state index in [-0.39, 0.29) is 16.9 Å². The van der Waals surface area contributed by atoms with Crippen LogP contribution < -0.4 is 20.5 Å². The van der Waals surface area contributed by atoms with E-state index in [9.17, 15) is 14.7 Å². The number of benzene rings is 1. The molecule has 0 bridgehead atoms. The molecule has 238 valence electrons. The van der Waals surface area contributed by atoms with Gasteiger partial charge in [-0.05, 0) is 60.0 Å². The van der Waals surface area contributed by atoms with Crippen LogP contribution in [-0.4, -0.2) is 71.9 Å². The Balaban J connectivity index is 1.29. The number of thiazole rings is 1. The number of nitrogens with zero attached hydrogens (tertiary/aromatic N) is 8. The van der Waals surface area contributed by atoms with Gasteiger partial charge in [-0.15, -0.1) is 21.5 Å². The zero-order valence-electron chi connectivity index (χ0n) is 26.0. The molecule has 0 aliphatic carbocycles. The highest BCUT2D eigenvalue weighted by Crippen LogP contribution is 2.27. The number of β-amino-alcohol motifs (C(OH)–C–C–N with tert-alkyl or cyclic N) is 1. The summed E-state index contributed by atoms with van der Waals surface area (Å²) in [6.07, 6.45) is 5.67. The number of amides is 1. The Hall–Kier alpha value is -4.95. The molecule has 1 aliphatic heterocycles. The Morgan fingerprint density at radius 3 is 2.70 bits per heavy atom. The Morgan fingerprint density at radius 2 is 1.98 bits per heavy atom. The Bertz CT molecular complexity index is 1960. The standard InChI is InChI=1S/C32H35N9O4S/c1-32(2,3)25-19-46-31(33-25)35-29(43)21-13-15-40-27(16-21)34-28(39-14-5-6-22(42)18-39)24(30(40)44)11-12-26-36-38-41(37-26)17-20-7-9-23(45-4)10-8-20/h7-13,15-16,19,22,42H,5-6,14,17-18H2,1-4H3,(H,33,35,43)/b12-11+/t22-/m1/s1. The summed E-state index contributed by atoms with van der Waals surface area (Å²) in [7, 11) is 1.62. The van der Waals surface area contributed by atoms with Crippen molar-refractivity contribution in [2.75, 3.05) is 30.4 Å². The molecule has 0 radical (unpaired) electrons. The number of pyridine rings is 1. The Kier molecular flexibility index (Phi) is 8.65. The Labute approximate surface area is 269 Å². The van der Waals surface area contributed by atoms with Crippen molar-refractivity contribution in [2.45, 2.75) is 51.7 Å². The van der Waals surface area contributed by atoms with Crippen molar-refractivity contribution < 1.29 is 14.6 Å². The number of methoxy groups -OCH3 is 1. The largest absolute Gasteiger partial charge is 0.497 e. The van der Waals surface area contributed by atoms with Crippen LogP contribution in [0, 0.1) is 0 Å². The second-order valence-electron chi connectivity index (χ2n) is 12.1. The van der Waals surface area contributed by atoms with Crippen molar-refractivity contribution in [1.82, 2.24) is 34.6 Å².